The van der Waals surface area contributed by atoms with E-state index < -0.39 is 29.7 Å². The van der Waals surface area contributed by atoms with Gasteiger partial charge in [0.1, 0.15) is 6.04 Å². The lowest BCUT2D eigenvalue weighted by Gasteiger charge is -2.15. The summed E-state index contributed by atoms with van der Waals surface area (Å²) in [6.45, 7) is 0. The van der Waals surface area contributed by atoms with Crippen molar-refractivity contribution in [3.8, 4) is 0 Å². The van der Waals surface area contributed by atoms with Crippen molar-refractivity contribution in [2.45, 2.75) is 25.1 Å². The van der Waals surface area contributed by atoms with Crippen LogP contribution in [-0.2, 0) is 28.6 Å². The molecule has 0 heterocycles. The third-order valence-electron chi connectivity index (χ3n) is 3.53. The molecule has 0 aromatic heterocycles. The first-order valence-corrected chi connectivity index (χ1v) is 7.48. The molecule has 7 heteroatoms. The molecular formula is C18H16F3NO3. The van der Waals surface area contributed by atoms with Crippen LogP contribution in [0, 0.1) is 0 Å². The molecule has 2 aromatic rings. The molecule has 0 aliphatic heterocycles. The highest BCUT2D eigenvalue weighted by Gasteiger charge is 2.30. The largest absolute Gasteiger partial charge is 0.480 e. The molecule has 1 atom stereocenters. The van der Waals surface area contributed by atoms with Gasteiger partial charge in [-0.25, -0.2) is 4.79 Å². The third kappa shape index (κ3) is 5.63. The van der Waals surface area contributed by atoms with Crippen molar-refractivity contribution in [3.63, 3.8) is 0 Å². The number of rotatable bonds is 6. The fourth-order valence-electron chi connectivity index (χ4n) is 2.34. The van der Waals surface area contributed by atoms with Gasteiger partial charge in [0.05, 0.1) is 12.0 Å². The number of carbonyl (C=O) groups is 2. The Balaban J connectivity index is 2.03. The van der Waals surface area contributed by atoms with Crippen LogP contribution in [0.25, 0.3) is 0 Å². The fourth-order valence-corrected chi connectivity index (χ4v) is 2.34. The number of amides is 1. The van der Waals surface area contributed by atoms with Crippen molar-refractivity contribution in [2.24, 2.45) is 0 Å². The van der Waals surface area contributed by atoms with E-state index in [1.165, 1.54) is 12.1 Å². The van der Waals surface area contributed by atoms with Crippen LogP contribution in [0.1, 0.15) is 16.7 Å². The molecule has 0 aliphatic rings. The van der Waals surface area contributed by atoms with Crippen molar-refractivity contribution in [3.05, 3.63) is 71.3 Å². The number of alkyl halides is 3. The monoisotopic (exact) mass is 351 g/mol. The highest BCUT2D eigenvalue weighted by atomic mass is 19.4. The SMILES string of the molecule is O=C(Cc1cccc(C(F)(F)F)c1)N[C@@H](Cc1ccccc1)C(=O)O. The van der Waals surface area contributed by atoms with Crippen LogP contribution >= 0.6 is 0 Å². The first-order chi connectivity index (χ1) is 11.8. The normalized spacial score (nSPS) is 12.4. The standard InChI is InChI=1S/C18H16F3NO3/c19-18(20,21)14-8-4-7-13(9-14)11-16(23)22-15(17(24)25)10-12-5-2-1-3-6-12/h1-9,15H,10-11H2,(H,22,23)(H,24,25)/t15-/m0/s1. The zero-order valence-corrected chi connectivity index (χ0v) is 13.1. The van der Waals surface area contributed by atoms with Crippen molar-refractivity contribution >= 4 is 11.9 Å². The van der Waals surface area contributed by atoms with E-state index in [4.69, 9.17) is 0 Å². The van der Waals surface area contributed by atoms with Crippen LogP contribution in [0.5, 0.6) is 0 Å². The topological polar surface area (TPSA) is 66.4 Å². The van der Waals surface area contributed by atoms with E-state index in [0.717, 1.165) is 17.7 Å². The van der Waals surface area contributed by atoms with Crippen LogP contribution < -0.4 is 5.32 Å². The van der Waals surface area contributed by atoms with E-state index in [2.05, 4.69) is 5.32 Å². The maximum atomic E-state index is 12.7. The Kier molecular flexibility index (Phi) is 5.80. The number of benzene rings is 2. The number of halogens is 3. The van der Waals surface area contributed by atoms with Gasteiger partial charge in [0, 0.05) is 6.42 Å². The lowest BCUT2D eigenvalue weighted by Crippen LogP contribution is -2.43. The predicted molar refractivity (Wildman–Crippen MR) is 84.9 cm³/mol. The molecule has 132 valence electrons. The Morgan fingerprint density at radius 2 is 1.64 bits per heavy atom. The van der Waals surface area contributed by atoms with Gasteiger partial charge in [0.15, 0.2) is 0 Å². The van der Waals surface area contributed by atoms with Crippen molar-refractivity contribution in [1.29, 1.82) is 0 Å². The molecule has 0 radical (unpaired) electrons. The summed E-state index contributed by atoms with van der Waals surface area (Å²) >= 11 is 0. The zero-order chi connectivity index (χ0) is 18.4. The molecule has 0 aliphatic carbocycles. The van der Waals surface area contributed by atoms with Gasteiger partial charge in [0.2, 0.25) is 5.91 Å². The number of carboxylic acid groups (broad SMARTS) is 1. The second kappa shape index (κ2) is 7.83. The molecule has 2 aromatic carbocycles. The van der Waals surface area contributed by atoms with Crippen molar-refractivity contribution in [1.82, 2.24) is 5.32 Å². The highest BCUT2D eigenvalue weighted by Crippen LogP contribution is 2.29. The van der Waals surface area contributed by atoms with Crippen LogP contribution in [0.2, 0.25) is 0 Å². The average molecular weight is 351 g/mol. The van der Waals surface area contributed by atoms with Gasteiger partial charge in [0.25, 0.3) is 0 Å². The summed E-state index contributed by atoms with van der Waals surface area (Å²) in [7, 11) is 0. The van der Waals surface area contributed by atoms with Gasteiger partial charge in [-0.3, -0.25) is 4.79 Å². The van der Waals surface area contributed by atoms with Gasteiger partial charge < -0.3 is 10.4 Å². The lowest BCUT2D eigenvalue weighted by molar-refractivity contribution is -0.141. The summed E-state index contributed by atoms with van der Waals surface area (Å²) in [5, 5.41) is 11.6. The first kappa shape index (κ1) is 18.5. The van der Waals surface area contributed by atoms with E-state index in [1.54, 1.807) is 30.3 Å². The Morgan fingerprint density at radius 3 is 2.24 bits per heavy atom. The minimum Gasteiger partial charge on any atom is -0.480 e. The molecule has 2 N–H and O–H groups in total. The van der Waals surface area contributed by atoms with Gasteiger partial charge >= 0.3 is 12.1 Å². The first-order valence-electron chi connectivity index (χ1n) is 7.48. The van der Waals surface area contributed by atoms with Gasteiger partial charge in [-0.1, -0.05) is 48.5 Å². The summed E-state index contributed by atoms with van der Waals surface area (Å²) in [4.78, 5) is 23.3. The Labute approximate surface area is 142 Å². The number of hydrogen-bond donors (Lipinski definition) is 2. The summed E-state index contributed by atoms with van der Waals surface area (Å²) in [5.41, 5.74) is 0.0438. The summed E-state index contributed by atoms with van der Waals surface area (Å²) in [5.74, 6) is -1.86. The number of nitrogens with one attached hydrogen (secondary N) is 1. The molecule has 0 saturated heterocycles. The Morgan fingerprint density at radius 1 is 1.00 bits per heavy atom. The van der Waals surface area contributed by atoms with E-state index in [9.17, 15) is 27.9 Å². The average Bonchev–Trinajstić information content (AvgIpc) is 2.54. The second-order valence-corrected chi connectivity index (χ2v) is 5.52. The van der Waals surface area contributed by atoms with Gasteiger partial charge in [-0.15, -0.1) is 0 Å². The molecule has 1 amide bonds. The molecule has 25 heavy (non-hydrogen) atoms. The number of carbonyl (C=O) groups excluding carboxylic acids is 1. The molecule has 0 spiro atoms. The second-order valence-electron chi connectivity index (χ2n) is 5.52. The molecule has 4 nitrogen and oxygen atoms in total. The summed E-state index contributed by atoms with van der Waals surface area (Å²) < 4.78 is 38.1. The minimum absolute atomic E-state index is 0.0878. The molecular weight excluding hydrogens is 335 g/mol. The summed E-state index contributed by atoms with van der Waals surface area (Å²) in [6.07, 6.45) is -4.74. The lowest BCUT2D eigenvalue weighted by atomic mass is 10.0. The zero-order valence-electron chi connectivity index (χ0n) is 13.1. The van der Waals surface area contributed by atoms with E-state index in [1.807, 2.05) is 0 Å². The van der Waals surface area contributed by atoms with Crippen LogP contribution in [-0.4, -0.2) is 23.0 Å². The van der Waals surface area contributed by atoms with Gasteiger partial charge in [-0.05, 0) is 17.2 Å². The molecule has 0 unspecified atom stereocenters. The smallest absolute Gasteiger partial charge is 0.416 e. The maximum absolute atomic E-state index is 12.7. The van der Waals surface area contributed by atoms with Crippen molar-refractivity contribution in [2.75, 3.05) is 0 Å². The fraction of sp³-hybridized carbons (Fsp3) is 0.222. The Hall–Kier alpha value is -2.83. The molecule has 0 fully saturated rings. The predicted octanol–water partition coefficient (Wildman–Crippen LogP) is 3.06. The maximum Gasteiger partial charge on any atom is 0.416 e. The van der Waals surface area contributed by atoms with Crippen molar-refractivity contribution < 1.29 is 27.9 Å². The number of carboxylic acids is 1. The summed E-state index contributed by atoms with van der Waals surface area (Å²) in [6, 6.07) is 12.0. The van der Waals surface area contributed by atoms with Crippen LogP contribution in [0.15, 0.2) is 54.6 Å². The minimum atomic E-state index is -4.50. The number of aliphatic carboxylic acids is 1. The Bertz CT molecular complexity index is 745. The van der Waals surface area contributed by atoms with E-state index in [0.29, 0.717) is 0 Å². The quantitative estimate of drug-likeness (QED) is 0.841. The molecule has 0 bridgehead atoms. The third-order valence-corrected chi connectivity index (χ3v) is 3.53. The highest BCUT2D eigenvalue weighted by molar-refractivity contribution is 5.85. The number of hydrogen-bond acceptors (Lipinski definition) is 2. The van der Waals surface area contributed by atoms with E-state index in [-0.39, 0.29) is 18.4 Å². The molecule has 0 saturated carbocycles. The van der Waals surface area contributed by atoms with E-state index >= 15 is 0 Å². The molecule has 2 rings (SSSR count). The van der Waals surface area contributed by atoms with Crippen LogP contribution in [0.3, 0.4) is 0 Å². The van der Waals surface area contributed by atoms with Gasteiger partial charge in [-0.2, -0.15) is 13.2 Å². The van der Waals surface area contributed by atoms with Crippen LogP contribution in [0.4, 0.5) is 13.2 Å².